The van der Waals surface area contributed by atoms with Gasteiger partial charge in [0.25, 0.3) is 0 Å². The van der Waals surface area contributed by atoms with Crippen LogP contribution in [-0.4, -0.2) is 31.3 Å². The van der Waals surface area contributed by atoms with Crippen LogP contribution in [0.5, 0.6) is 0 Å². The first kappa shape index (κ1) is 6.55. The molecule has 2 fully saturated rings. The molecule has 2 nitrogen and oxygen atoms in total. The standard InChI is InChI=1S/C7H13FN2/c8-5-1-6(2-5)10-7-3-9-4-7/h5-7,9-10H,1-4H2. The summed E-state index contributed by atoms with van der Waals surface area (Å²) in [5.41, 5.74) is 0. The Kier molecular flexibility index (Phi) is 1.62. The van der Waals surface area contributed by atoms with Gasteiger partial charge >= 0.3 is 0 Å². The van der Waals surface area contributed by atoms with Crippen molar-refractivity contribution in [3.05, 3.63) is 0 Å². The van der Waals surface area contributed by atoms with Gasteiger partial charge in [-0.3, -0.25) is 0 Å². The van der Waals surface area contributed by atoms with E-state index in [1.807, 2.05) is 0 Å². The number of nitrogens with one attached hydrogen (secondary N) is 2. The van der Waals surface area contributed by atoms with Gasteiger partial charge in [0.1, 0.15) is 6.17 Å². The van der Waals surface area contributed by atoms with Crippen molar-refractivity contribution in [2.24, 2.45) is 0 Å². The van der Waals surface area contributed by atoms with Gasteiger partial charge in [-0.15, -0.1) is 0 Å². The highest BCUT2D eigenvalue weighted by molar-refractivity contribution is 4.91. The minimum absolute atomic E-state index is 0.474. The van der Waals surface area contributed by atoms with Crippen molar-refractivity contribution in [3.8, 4) is 0 Å². The van der Waals surface area contributed by atoms with Gasteiger partial charge in [-0.25, -0.2) is 4.39 Å². The highest BCUT2D eigenvalue weighted by Gasteiger charge is 2.31. The molecule has 10 heavy (non-hydrogen) atoms. The van der Waals surface area contributed by atoms with Crippen LogP contribution >= 0.6 is 0 Å². The lowest BCUT2D eigenvalue weighted by Crippen LogP contribution is -2.60. The molecule has 1 heterocycles. The molecule has 0 bridgehead atoms. The quantitative estimate of drug-likeness (QED) is 0.572. The van der Waals surface area contributed by atoms with E-state index in [1.54, 1.807) is 0 Å². The molecule has 2 N–H and O–H groups in total. The predicted octanol–water partition coefficient (Wildman–Crippen LogP) is 0.0483. The maximum Gasteiger partial charge on any atom is 0.103 e. The first-order chi connectivity index (χ1) is 4.84. The third-order valence-electron chi connectivity index (χ3n) is 2.33. The summed E-state index contributed by atoms with van der Waals surface area (Å²) in [7, 11) is 0. The van der Waals surface area contributed by atoms with Crippen LogP contribution in [0.4, 0.5) is 4.39 Å². The van der Waals surface area contributed by atoms with Gasteiger partial charge in [-0.2, -0.15) is 0 Å². The first-order valence-corrected chi connectivity index (χ1v) is 3.95. The summed E-state index contributed by atoms with van der Waals surface area (Å²) in [5, 5.41) is 6.55. The molecule has 0 atom stereocenters. The minimum Gasteiger partial charge on any atom is -0.314 e. The van der Waals surface area contributed by atoms with Crippen LogP contribution in [0.2, 0.25) is 0 Å². The molecule has 2 aliphatic rings. The smallest absolute Gasteiger partial charge is 0.103 e. The average Bonchev–Trinajstić information content (AvgIpc) is 1.72. The fourth-order valence-corrected chi connectivity index (χ4v) is 1.42. The van der Waals surface area contributed by atoms with Crippen LogP contribution in [0.25, 0.3) is 0 Å². The first-order valence-electron chi connectivity index (χ1n) is 3.95. The second-order valence-electron chi connectivity index (χ2n) is 3.29. The van der Waals surface area contributed by atoms with Crippen molar-refractivity contribution < 1.29 is 4.39 Å². The molecule has 0 aromatic carbocycles. The monoisotopic (exact) mass is 144 g/mol. The summed E-state index contributed by atoms with van der Waals surface area (Å²) in [4.78, 5) is 0. The Morgan fingerprint density at radius 2 is 1.90 bits per heavy atom. The molecular weight excluding hydrogens is 131 g/mol. The summed E-state index contributed by atoms with van der Waals surface area (Å²) in [6, 6.07) is 1.10. The van der Waals surface area contributed by atoms with Crippen LogP contribution in [0.15, 0.2) is 0 Å². The van der Waals surface area contributed by atoms with Gasteiger partial charge in [-0.1, -0.05) is 0 Å². The molecule has 58 valence electrons. The minimum atomic E-state index is -0.523. The summed E-state index contributed by atoms with van der Waals surface area (Å²) in [6.45, 7) is 2.13. The third-order valence-corrected chi connectivity index (χ3v) is 2.33. The van der Waals surface area contributed by atoms with Crippen molar-refractivity contribution in [2.45, 2.75) is 31.1 Å². The summed E-state index contributed by atoms with van der Waals surface area (Å²) < 4.78 is 12.3. The van der Waals surface area contributed by atoms with Gasteiger partial charge in [0.05, 0.1) is 0 Å². The highest BCUT2D eigenvalue weighted by Crippen LogP contribution is 2.23. The van der Waals surface area contributed by atoms with Crippen LogP contribution in [0.1, 0.15) is 12.8 Å². The molecule has 1 aliphatic heterocycles. The molecule has 1 aliphatic carbocycles. The normalized spacial score (nSPS) is 40.5. The lowest BCUT2D eigenvalue weighted by Gasteiger charge is -2.38. The van der Waals surface area contributed by atoms with E-state index < -0.39 is 6.17 Å². The maximum absolute atomic E-state index is 12.3. The fourth-order valence-electron chi connectivity index (χ4n) is 1.42. The number of rotatable bonds is 2. The van der Waals surface area contributed by atoms with Crippen LogP contribution in [-0.2, 0) is 0 Å². The summed E-state index contributed by atoms with van der Waals surface area (Å²) in [5.74, 6) is 0. The van der Waals surface area contributed by atoms with Crippen molar-refractivity contribution in [3.63, 3.8) is 0 Å². The summed E-state index contributed by atoms with van der Waals surface area (Å²) >= 11 is 0. The Morgan fingerprint density at radius 1 is 1.20 bits per heavy atom. The molecule has 1 saturated carbocycles. The van der Waals surface area contributed by atoms with E-state index in [4.69, 9.17) is 0 Å². The van der Waals surface area contributed by atoms with E-state index >= 15 is 0 Å². The largest absolute Gasteiger partial charge is 0.314 e. The predicted molar refractivity (Wildman–Crippen MR) is 37.7 cm³/mol. The van der Waals surface area contributed by atoms with E-state index in [9.17, 15) is 4.39 Å². The van der Waals surface area contributed by atoms with Crippen molar-refractivity contribution in [2.75, 3.05) is 13.1 Å². The van der Waals surface area contributed by atoms with Crippen molar-refractivity contribution in [1.29, 1.82) is 0 Å². The maximum atomic E-state index is 12.3. The van der Waals surface area contributed by atoms with E-state index in [2.05, 4.69) is 10.6 Å². The molecule has 0 radical (unpaired) electrons. The Bertz CT molecular complexity index is 119. The van der Waals surface area contributed by atoms with E-state index in [-0.39, 0.29) is 0 Å². The van der Waals surface area contributed by atoms with Crippen LogP contribution in [0, 0.1) is 0 Å². The highest BCUT2D eigenvalue weighted by atomic mass is 19.1. The average molecular weight is 144 g/mol. The van der Waals surface area contributed by atoms with E-state index in [0.717, 1.165) is 25.9 Å². The van der Waals surface area contributed by atoms with Crippen LogP contribution in [0.3, 0.4) is 0 Å². The molecule has 3 heteroatoms. The fraction of sp³-hybridized carbons (Fsp3) is 1.00. The molecule has 0 aromatic rings. The summed E-state index contributed by atoms with van der Waals surface area (Å²) in [6.07, 6.45) is 0.943. The second-order valence-corrected chi connectivity index (χ2v) is 3.29. The van der Waals surface area contributed by atoms with Gasteiger partial charge in [-0.05, 0) is 12.8 Å². The Balaban J connectivity index is 1.62. The zero-order valence-electron chi connectivity index (χ0n) is 5.94. The molecular formula is C7H13FN2. The van der Waals surface area contributed by atoms with E-state index in [1.165, 1.54) is 0 Å². The van der Waals surface area contributed by atoms with Crippen molar-refractivity contribution in [1.82, 2.24) is 10.6 Å². The van der Waals surface area contributed by atoms with Gasteiger partial charge < -0.3 is 10.6 Å². The third kappa shape index (κ3) is 1.16. The Morgan fingerprint density at radius 3 is 2.30 bits per heavy atom. The molecule has 0 spiro atoms. The van der Waals surface area contributed by atoms with Gasteiger partial charge in [0.2, 0.25) is 0 Å². The topological polar surface area (TPSA) is 24.1 Å². The van der Waals surface area contributed by atoms with Gasteiger partial charge in [0.15, 0.2) is 0 Å². The molecule has 0 unspecified atom stereocenters. The molecule has 0 amide bonds. The molecule has 1 saturated heterocycles. The zero-order valence-corrected chi connectivity index (χ0v) is 5.94. The second kappa shape index (κ2) is 2.47. The Hall–Kier alpha value is -0.150. The Labute approximate surface area is 60.2 Å². The van der Waals surface area contributed by atoms with Crippen molar-refractivity contribution >= 4 is 0 Å². The lowest BCUT2D eigenvalue weighted by atomic mass is 9.89. The van der Waals surface area contributed by atoms with E-state index in [0.29, 0.717) is 12.1 Å². The molecule has 0 aromatic heterocycles. The zero-order chi connectivity index (χ0) is 6.97. The number of hydrogen-bond acceptors (Lipinski definition) is 2. The number of halogens is 1. The molecule has 2 rings (SSSR count). The lowest BCUT2D eigenvalue weighted by molar-refractivity contribution is 0.137. The number of alkyl halides is 1. The number of hydrogen-bond donors (Lipinski definition) is 2. The SMILES string of the molecule is FC1CC(NC2CNC2)C1. The van der Waals surface area contributed by atoms with Gasteiger partial charge in [0, 0.05) is 25.2 Å². The van der Waals surface area contributed by atoms with Crippen LogP contribution < -0.4 is 10.6 Å².